The zero-order valence-corrected chi connectivity index (χ0v) is 35.2. The van der Waals surface area contributed by atoms with Crippen molar-refractivity contribution in [2.75, 3.05) is 46.4 Å². The molecule has 0 aromatic heterocycles. The fraction of sp³-hybridized carbons (Fsp3) is 0.558. The summed E-state index contributed by atoms with van der Waals surface area (Å²) in [5.41, 5.74) is 2.11. The second kappa shape index (κ2) is 39.5. The van der Waals surface area contributed by atoms with Gasteiger partial charge in [0.1, 0.15) is 19.5 Å². The predicted molar refractivity (Wildman–Crippen MR) is 226 cm³/mol. The van der Waals surface area contributed by atoms with E-state index in [1.54, 1.807) is 30.9 Å². The van der Waals surface area contributed by atoms with Crippen LogP contribution in [0.3, 0.4) is 0 Å². The maximum Gasteiger partial charge on any atom is 0.330 e. The number of rotatable bonds is 20. The average Bonchev–Trinajstić information content (AvgIpc) is 3.20. The van der Waals surface area contributed by atoms with Gasteiger partial charge < -0.3 is 29.2 Å². The Morgan fingerprint density at radius 2 is 1.64 bits per heavy atom. The summed E-state index contributed by atoms with van der Waals surface area (Å²) >= 11 is 1.75. The molecule has 1 N–H and O–H groups in total. The molecule has 310 valence electrons. The van der Waals surface area contributed by atoms with Crippen molar-refractivity contribution >= 4 is 36.1 Å². The molecule has 1 saturated carbocycles. The molecule has 0 atom stereocenters. The zero-order chi connectivity index (χ0) is 41.4. The third-order valence-corrected chi connectivity index (χ3v) is 7.74. The number of thioether (sulfide) groups is 1. The highest BCUT2D eigenvalue weighted by Crippen LogP contribution is 2.29. The summed E-state index contributed by atoms with van der Waals surface area (Å²) in [5.74, 6) is 0.485. The van der Waals surface area contributed by atoms with Gasteiger partial charge >= 0.3 is 11.9 Å². The summed E-state index contributed by atoms with van der Waals surface area (Å²) in [6, 6.07) is 15.6. The van der Waals surface area contributed by atoms with E-state index in [1.807, 2.05) is 39.4 Å². The molecule has 0 spiro atoms. The molecule has 0 unspecified atom stereocenters. The minimum atomic E-state index is -0.971. The maximum absolute atomic E-state index is 11.5. The van der Waals surface area contributed by atoms with Crippen molar-refractivity contribution in [3.05, 3.63) is 88.0 Å². The van der Waals surface area contributed by atoms with E-state index in [1.165, 1.54) is 89.0 Å². The van der Waals surface area contributed by atoms with Gasteiger partial charge in [0.15, 0.2) is 11.5 Å². The van der Waals surface area contributed by atoms with Crippen molar-refractivity contribution in [1.82, 2.24) is 5.32 Å². The summed E-state index contributed by atoms with van der Waals surface area (Å²) in [5, 5.41) is 11.6. The lowest BCUT2D eigenvalue weighted by atomic mass is 9.85. The van der Waals surface area contributed by atoms with Crippen LogP contribution in [-0.2, 0) is 30.4 Å². The first kappa shape index (κ1) is 52.9. The lowest BCUT2D eigenvalue weighted by molar-refractivity contribution is -0.757. The van der Waals surface area contributed by atoms with Gasteiger partial charge in [0.05, 0.1) is 13.7 Å². The van der Waals surface area contributed by atoms with Crippen molar-refractivity contribution in [2.24, 2.45) is 5.92 Å². The lowest BCUT2D eigenvalue weighted by Gasteiger charge is -2.21. The lowest BCUT2D eigenvalue weighted by Crippen LogP contribution is -2.23. The predicted octanol–water partition coefficient (Wildman–Crippen LogP) is 9.89. The minimum Gasteiger partial charge on any atom is -0.493 e. The molecule has 0 heterocycles. The normalized spacial score (nSPS) is 11.9. The van der Waals surface area contributed by atoms with Gasteiger partial charge in [-0.15, -0.1) is 10.1 Å². The second-order valence-electron chi connectivity index (χ2n) is 12.1. The molecule has 1 aliphatic carbocycles. The van der Waals surface area contributed by atoms with Gasteiger partial charge in [-0.2, -0.15) is 11.8 Å². The van der Waals surface area contributed by atoms with Crippen LogP contribution in [0, 0.1) is 16.0 Å². The van der Waals surface area contributed by atoms with E-state index in [0.717, 1.165) is 31.1 Å². The largest absolute Gasteiger partial charge is 0.493 e. The van der Waals surface area contributed by atoms with Gasteiger partial charge in [-0.1, -0.05) is 114 Å². The number of ether oxygens (including phenoxy) is 3. The van der Waals surface area contributed by atoms with Gasteiger partial charge in [-0.25, -0.2) is 4.79 Å². The van der Waals surface area contributed by atoms with Crippen LogP contribution in [0.25, 0.3) is 6.08 Å². The third kappa shape index (κ3) is 32.9. The smallest absolute Gasteiger partial charge is 0.330 e. The Hall–Kier alpha value is -4.16. The van der Waals surface area contributed by atoms with Gasteiger partial charge in [0, 0.05) is 12.5 Å². The number of hydrogen-bond donors (Lipinski definition) is 1. The van der Waals surface area contributed by atoms with Crippen LogP contribution in [0.15, 0.2) is 66.8 Å². The Kier molecular flexibility index (Phi) is 38.1. The van der Waals surface area contributed by atoms with Gasteiger partial charge in [-0.3, -0.25) is 4.79 Å². The van der Waals surface area contributed by atoms with Crippen molar-refractivity contribution in [3.63, 3.8) is 0 Å². The van der Waals surface area contributed by atoms with Gasteiger partial charge in [0.25, 0.3) is 5.09 Å². The molecule has 1 aliphatic rings. The minimum absolute atomic E-state index is 0.0524. The molecule has 1 fully saturated rings. The van der Waals surface area contributed by atoms with Crippen molar-refractivity contribution in [1.29, 1.82) is 0 Å². The quantitative estimate of drug-likeness (QED) is 0.0200. The summed E-state index contributed by atoms with van der Waals surface area (Å²) in [7, 11) is 3.04. The van der Waals surface area contributed by atoms with E-state index in [2.05, 4.69) is 46.6 Å². The Bertz CT molecular complexity index is 1300. The highest BCUT2D eigenvalue weighted by Gasteiger charge is 2.12. The van der Waals surface area contributed by atoms with E-state index in [4.69, 9.17) is 14.2 Å². The van der Waals surface area contributed by atoms with Crippen LogP contribution >= 0.6 is 11.8 Å². The fourth-order valence-corrected chi connectivity index (χ4v) is 5.19. The molecule has 0 aliphatic heterocycles. The fourth-order valence-electron chi connectivity index (χ4n) is 5.19. The number of likely N-dealkylation sites (N-methyl/N-ethyl adjacent to an activating group) is 1. The first-order valence-electron chi connectivity index (χ1n) is 19.4. The van der Waals surface area contributed by atoms with Crippen LogP contribution in [0.4, 0.5) is 0 Å². The van der Waals surface area contributed by atoms with E-state index < -0.39 is 17.0 Å². The number of unbranched alkanes of at least 4 members (excludes halogenated alkanes) is 4. The van der Waals surface area contributed by atoms with Crippen LogP contribution in [0.5, 0.6) is 11.5 Å². The summed E-state index contributed by atoms with van der Waals surface area (Å²) in [6.45, 7) is 5.46. The molecule has 0 radical (unpaired) electrons. The number of methoxy groups -OCH3 is 1. The van der Waals surface area contributed by atoms with E-state index >= 15 is 0 Å². The SMILES string of the molecule is C/C=C\CCCC=O.CC.CNCC(=O)Oc1ccc(/C=C/C(=O)OCCO[N+](=O)[O-])cc1OC.CSC.c1ccc(CCCCCC2CCCCC2)cc1. The zero-order valence-electron chi connectivity index (χ0n) is 34.4. The molecule has 0 saturated heterocycles. The molecule has 55 heavy (non-hydrogen) atoms. The highest BCUT2D eigenvalue weighted by atomic mass is 32.2. The number of esters is 2. The van der Waals surface area contributed by atoms with Crippen LogP contribution in [0.2, 0.25) is 0 Å². The molecule has 12 heteroatoms. The van der Waals surface area contributed by atoms with Crippen LogP contribution in [-0.4, -0.2) is 69.7 Å². The Morgan fingerprint density at radius 3 is 2.24 bits per heavy atom. The first-order chi connectivity index (χ1) is 26.7. The summed E-state index contributed by atoms with van der Waals surface area (Å²) in [6.07, 6.45) is 29.0. The molecule has 0 bridgehead atoms. The summed E-state index contributed by atoms with van der Waals surface area (Å²) in [4.78, 5) is 46.6. The van der Waals surface area contributed by atoms with Crippen LogP contribution in [0.1, 0.15) is 109 Å². The molecular formula is C43H68N2O9S. The molecular weight excluding hydrogens is 721 g/mol. The number of nitrogens with zero attached hydrogens (tertiary/aromatic N) is 1. The topological polar surface area (TPSA) is 143 Å². The number of aryl methyl sites for hydroxylation is 1. The van der Waals surface area contributed by atoms with E-state index in [9.17, 15) is 24.5 Å². The van der Waals surface area contributed by atoms with Crippen LogP contribution < -0.4 is 14.8 Å². The highest BCUT2D eigenvalue weighted by molar-refractivity contribution is 7.97. The van der Waals surface area contributed by atoms with E-state index in [0.29, 0.717) is 17.7 Å². The Morgan fingerprint density at radius 1 is 0.945 bits per heavy atom. The van der Waals surface area contributed by atoms with E-state index in [-0.39, 0.29) is 25.5 Å². The van der Waals surface area contributed by atoms with Crippen molar-refractivity contribution in [2.45, 2.75) is 104 Å². The number of aldehydes is 1. The number of nitrogens with one attached hydrogen (secondary N) is 1. The molecule has 2 aromatic rings. The second-order valence-corrected chi connectivity index (χ2v) is 13.0. The number of carbonyl (C=O) groups is 3. The van der Waals surface area contributed by atoms with Gasteiger partial charge in [-0.05, 0) is 87.4 Å². The molecule has 2 aromatic carbocycles. The first-order valence-corrected chi connectivity index (χ1v) is 21.0. The van der Waals surface area contributed by atoms with Gasteiger partial charge in [0.2, 0.25) is 0 Å². The Balaban J connectivity index is 0. The summed E-state index contributed by atoms with van der Waals surface area (Å²) < 4.78 is 15.0. The Labute approximate surface area is 335 Å². The molecule has 11 nitrogen and oxygen atoms in total. The van der Waals surface area contributed by atoms with Crippen molar-refractivity contribution < 1.29 is 38.5 Å². The third-order valence-electron chi connectivity index (χ3n) is 7.74. The van der Waals surface area contributed by atoms with Crippen molar-refractivity contribution in [3.8, 4) is 11.5 Å². The standard InChI is InChI=1S/C17H26.C15H18N2O8.C7H12O.C2H6S.C2H6/c1-4-10-16(11-5-1)14-8-3-9-15-17-12-6-2-7-13-17;1-16-10-15(19)25-12-5-3-11(9-13(12)22-2)4-6-14(18)23-7-8-24-17(20)21;1-2-3-4-5-6-7-8;1-3-2;1-2/h1,4-5,10-11,17H,2-3,6-9,12-15H2;3-6,9,16H,7-8,10H2,1-2H3;2-3,7H,4-6H2,1H3;1-2H3;1-2H3/b;6-4+;3-2-;;. The molecule has 0 amide bonds. The average molecular weight is 789 g/mol. The number of benzene rings is 2. The molecule has 3 rings (SSSR count). The maximum atomic E-state index is 11.5. The number of hydrogen-bond acceptors (Lipinski definition) is 11. The monoisotopic (exact) mass is 788 g/mol. The number of carbonyl (C=O) groups excluding carboxylic acids is 3. The number of allylic oxidation sites excluding steroid dienone is 2.